The van der Waals surface area contributed by atoms with Gasteiger partial charge in [0.25, 0.3) is 0 Å². The second-order valence-corrected chi connectivity index (χ2v) is 8.21. The Kier molecular flexibility index (Phi) is 6.26. The van der Waals surface area contributed by atoms with Crippen LogP contribution in [0.15, 0.2) is 36.7 Å². The zero-order valence-electron chi connectivity index (χ0n) is 17.3. The summed E-state index contributed by atoms with van der Waals surface area (Å²) in [7, 11) is 0. The molecule has 30 heavy (non-hydrogen) atoms. The van der Waals surface area contributed by atoms with E-state index in [0.29, 0.717) is 25.1 Å². The highest BCUT2D eigenvalue weighted by Crippen LogP contribution is 2.31. The van der Waals surface area contributed by atoms with Crippen LogP contribution in [0, 0.1) is 5.92 Å². The van der Waals surface area contributed by atoms with Crippen LogP contribution in [0.1, 0.15) is 47.8 Å². The van der Waals surface area contributed by atoms with Crippen molar-refractivity contribution in [3.8, 4) is 0 Å². The number of amides is 1. The number of carbonyl (C=O) groups is 2. The minimum Gasteiger partial charge on any atom is -0.447 e. The van der Waals surface area contributed by atoms with Crippen LogP contribution in [-0.2, 0) is 17.6 Å². The van der Waals surface area contributed by atoms with Crippen LogP contribution >= 0.6 is 0 Å². The average molecular weight is 409 g/mol. The Bertz CT molecular complexity index is 896. The van der Waals surface area contributed by atoms with E-state index in [1.165, 1.54) is 19.2 Å². The SMILES string of the molecule is CCCN(CC1CC1)c1cc(C(=O)Cc2ccc(CC3COC(=O)N3)cc2)ncn1. The van der Waals surface area contributed by atoms with Crippen molar-refractivity contribution in [3.63, 3.8) is 0 Å². The molecule has 1 amide bonds. The number of anilines is 1. The highest BCUT2D eigenvalue weighted by Gasteiger charge is 2.25. The summed E-state index contributed by atoms with van der Waals surface area (Å²) in [6.07, 6.45) is 5.77. The second-order valence-electron chi connectivity index (χ2n) is 8.21. The van der Waals surface area contributed by atoms with Crippen LogP contribution < -0.4 is 10.2 Å². The number of nitrogens with zero attached hydrogens (tertiary/aromatic N) is 3. The molecular weight excluding hydrogens is 380 g/mol. The Hall–Kier alpha value is -2.96. The highest BCUT2D eigenvalue weighted by molar-refractivity contribution is 5.96. The van der Waals surface area contributed by atoms with E-state index < -0.39 is 0 Å². The first-order valence-electron chi connectivity index (χ1n) is 10.7. The number of nitrogens with one attached hydrogen (secondary N) is 1. The number of alkyl carbamates (subject to hydrolysis) is 1. The van der Waals surface area contributed by atoms with Gasteiger partial charge < -0.3 is 15.0 Å². The summed E-state index contributed by atoms with van der Waals surface area (Å²) in [5, 5.41) is 2.78. The fourth-order valence-corrected chi connectivity index (χ4v) is 3.74. The predicted octanol–water partition coefficient (Wildman–Crippen LogP) is 3.18. The first kappa shape index (κ1) is 20.3. The lowest BCUT2D eigenvalue weighted by atomic mass is 10.0. The van der Waals surface area contributed by atoms with Crippen molar-refractivity contribution in [2.45, 2.75) is 45.1 Å². The van der Waals surface area contributed by atoms with Gasteiger partial charge >= 0.3 is 6.09 Å². The van der Waals surface area contributed by atoms with E-state index in [1.807, 2.05) is 30.3 Å². The van der Waals surface area contributed by atoms with Crippen molar-refractivity contribution in [3.05, 3.63) is 53.5 Å². The second kappa shape index (κ2) is 9.24. The lowest BCUT2D eigenvalue weighted by molar-refractivity contribution is 0.0988. The predicted molar refractivity (Wildman–Crippen MR) is 114 cm³/mol. The number of ether oxygens (including phenoxy) is 1. The standard InChI is InChI=1S/C23H28N4O3/c1-2-9-27(13-18-7-8-18)22-12-20(24-15-25-22)21(28)11-17-5-3-16(4-6-17)10-19-14-30-23(29)26-19/h3-6,12,15,18-19H,2,7-11,13-14H2,1H3,(H,26,29). The normalized spacial score (nSPS) is 18.0. The van der Waals surface area contributed by atoms with Crippen LogP contribution in [0.3, 0.4) is 0 Å². The number of aromatic nitrogens is 2. The zero-order chi connectivity index (χ0) is 20.9. The molecule has 7 nitrogen and oxygen atoms in total. The molecule has 7 heteroatoms. The molecule has 1 unspecified atom stereocenters. The van der Waals surface area contributed by atoms with Crippen LogP contribution in [-0.4, -0.2) is 47.6 Å². The molecule has 0 spiro atoms. The summed E-state index contributed by atoms with van der Waals surface area (Å²) >= 11 is 0. The smallest absolute Gasteiger partial charge is 0.407 e. The molecule has 2 heterocycles. The van der Waals surface area contributed by atoms with Gasteiger partial charge in [0.15, 0.2) is 5.78 Å². The van der Waals surface area contributed by atoms with E-state index in [-0.39, 0.29) is 17.9 Å². The number of hydrogen-bond donors (Lipinski definition) is 1. The number of carbonyl (C=O) groups excluding carboxylic acids is 2. The van der Waals surface area contributed by atoms with Gasteiger partial charge in [0.05, 0.1) is 6.04 Å². The van der Waals surface area contributed by atoms with Crippen LogP contribution in [0.2, 0.25) is 0 Å². The summed E-state index contributed by atoms with van der Waals surface area (Å²) in [6.45, 7) is 4.50. The Labute approximate surface area is 176 Å². The molecule has 1 atom stereocenters. The summed E-state index contributed by atoms with van der Waals surface area (Å²) < 4.78 is 4.92. The molecule has 1 aliphatic heterocycles. The van der Waals surface area contributed by atoms with Gasteiger partial charge in [-0.2, -0.15) is 0 Å². The van der Waals surface area contributed by atoms with Crippen molar-refractivity contribution in [1.29, 1.82) is 0 Å². The third-order valence-corrected chi connectivity index (χ3v) is 5.54. The number of benzene rings is 1. The molecule has 158 valence electrons. The van der Waals surface area contributed by atoms with E-state index in [1.54, 1.807) is 0 Å². The molecule has 1 N–H and O–H groups in total. The van der Waals surface area contributed by atoms with Crippen molar-refractivity contribution in [2.75, 3.05) is 24.6 Å². The Balaban J connectivity index is 1.37. The third kappa shape index (κ3) is 5.34. The topological polar surface area (TPSA) is 84.4 Å². The van der Waals surface area contributed by atoms with Gasteiger partial charge in [-0.05, 0) is 42.7 Å². The summed E-state index contributed by atoms with van der Waals surface area (Å²) in [4.78, 5) is 34.9. The van der Waals surface area contributed by atoms with Gasteiger partial charge in [-0.1, -0.05) is 31.2 Å². The van der Waals surface area contributed by atoms with Crippen LogP contribution in [0.5, 0.6) is 0 Å². The number of cyclic esters (lactones) is 1. The lowest BCUT2D eigenvalue weighted by Crippen LogP contribution is -2.28. The first-order valence-corrected chi connectivity index (χ1v) is 10.7. The van der Waals surface area contributed by atoms with Gasteiger partial charge in [-0.3, -0.25) is 4.79 Å². The monoisotopic (exact) mass is 408 g/mol. The fourth-order valence-electron chi connectivity index (χ4n) is 3.74. The fraction of sp³-hybridized carbons (Fsp3) is 0.478. The van der Waals surface area contributed by atoms with E-state index >= 15 is 0 Å². The van der Waals surface area contributed by atoms with Gasteiger partial charge in [-0.25, -0.2) is 14.8 Å². The molecule has 1 saturated carbocycles. The Morgan fingerprint density at radius 3 is 2.63 bits per heavy atom. The quantitative estimate of drug-likeness (QED) is 0.608. The molecule has 2 aromatic rings. The third-order valence-electron chi connectivity index (χ3n) is 5.54. The van der Waals surface area contributed by atoms with Crippen LogP contribution in [0.25, 0.3) is 0 Å². The van der Waals surface area contributed by atoms with E-state index in [9.17, 15) is 9.59 Å². The minimum atomic E-state index is -0.360. The molecule has 0 bridgehead atoms. The van der Waals surface area contributed by atoms with Gasteiger partial charge in [0.1, 0.15) is 24.4 Å². The molecule has 4 rings (SSSR count). The van der Waals surface area contributed by atoms with Gasteiger partial charge in [-0.15, -0.1) is 0 Å². The summed E-state index contributed by atoms with van der Waals surface area (Å²) in [5.74, 6) is 1.59. The van der Waals surface area contributed by atoms with Gasteiger partial charge in [0, 0.05) is 25.6 Å². The maximum Gasteiger partial charge on any atom is 0.407 e. The van der Waals surface area contributed by atoms with E-state index in [4.69, 9.17) is 4.74 Å². The van der Waals surface area contributed by atoms with Crippen molar-refractivity contribution in [2.24, 2.45) is 5.92 Å². The number of hydrogen-bond acceptors (Lipinski definition) is 6. The molecule has 1 saturated heterocycles. The Morgan fingerprint density at radius 2 is 1.97 bits per heavy atom. The van der Waals surface area contributed by atoms with E-state index in [0.717, 1.165) is 42.4 Å². The van der Waals surface area contributed by atoms with Crippen molar-refractivity contribution in [1.82, 2.24) is 15.3 Å². The lowest BCUT2D eigenvalue weighted by Gasteiger charge is -2.23. The maximum absolute atomic E-state index is 12.8. The largest absolute Gasteiger partial charge is 0.447 e. The molecule has 2 aliphatic rings. The van der Waals surface area contributed by atoms with Crippen LogP contribution in [0.4, 0.5) is 10.6 Å². The molecule has 1 aromatic heterocycles. The molecule has 0 radical (unpaired) electrons. The summed E-state index contributed by atoms with van der Waals surface area (Å²) in [5.41, 5.74) is 2.51. The Morgan fingerprint density at radius 1 is 1.20 bits per heavy atom. The number of Topliss-reactive ketones (excluding diaryl/α,β-unsaturated/α-hetero) is 1. The zero-order valence-corrected chi connectivity index (χ0v) is 17.3. The molecule has 2 fully saturated rings. The van der Waals surface area contributed by atoms with Crippen molar-refractivity contribution >= 4 is 17.7 Å². The number of ketones is 1. The molecular formula is C23H28N4O3. The minimum absolute atomic E-state index is 0.00567. The van der Waals surface area contributed by atoms with Gasteiger partial charge in [0.2, 0.25) is 0 Å². The summed E-state index contributed by atoms with van der Waals surface area (Å²) in [6, 6.07) is 9.75. The number of rotatable bonds is 10. The molecule has 1 aliphatic carbocycles. The first-order chi connectivity index (χ1) is 14.6. The average Bonchev–Trinajstić information content (AvgIpc) is 3.48. The van der Waals surface area contributed by atoms with E-state index in [2.05, 4.69) is 27.1 Å². The van der Waals surface area contributed by atoms with Crippen molar-refractivity contribution < 1.29 is 14.3 Å². The highest BCUT2D eigenvalue weighted by atomic mass is 16.6. The maximum atomic E-state index is 12.8. The molecule has 1 aromatic carbocycles.